The van der Waals surface area contributed by atoms with Crippen molar-refractivity contribution in [3.05, 3.63) is 29.8 Å². The predicted molar refractivity (Wildman–Crippen MR) is 91.1 cm³/mol. The van der Waals surface area contributed by atoms with Crippen LogP contribution >= 0.6 is 0 Å². The van der Waals surface area contributed by atoms with Crippen molar-refractivity contribution in [2.24, 2.45) is 0 Å². The van der Waals surface area contributed by atoms with Crippen LogP contribution < -0.4 is 4.43 Å². The number of hydrogen-bond acceptors (Lipinski definition) is 2. The molecule has 0 fully saturated rings. The van der Waals surface area contributed by atoms with Crippen LogP contribution in [-0.4, -0.2) is 33.9 Å². The number of aryl methyl sites for hydroxylation is 1. The molecule has 1 aromatic carbocycles. The van der Waals surface area contributed by atoms with Gasteiger partial charge in [-0.15, -0.1) is 0 Å². The minimum atomic E-state index is -1.71. The van der Waals surface area contributed by atoms with E-state index < -0.39 is 8.32 Å². The summed E-state index contributed by atoms with van der Waals surface area (Å²) in [7, 11) is 2.53. The molecular weight excluding hydrogens is 262 g/mol. The van der Waals surface area contributed by atoms with E-state index in [9.17, 15) is 0 Å². The maximum Gasteiger partial charge on any atom is 0.250 e. The van der Waals surface area contributed by atoms with Crippen LogP contribution in [-0.2, 0) is 6.42 Å². The molecule has 0 aliphatic heterocycles. The monoisotopic (exact) mass is 293 g/mol. The maximum atomic E-state index is 6.29. The van der Waals surface area contributed by atoms with E-state index in [4.69, 9.17) is 4.43 Å². The summed E-state index contributed by atoms with van der Waals surface area (Å²) in [6.45, 7) is 12.5. The zero-order chi connectivity index (χ0) is 15.4. The van der Waals surface area contributed by atoms with Crippen LogP contribution in [0.4, 0.5) is 0 Å². The van der Waals surface area contributed by atoms with Gasteiger partial charge in [0.1, 0.15) is 5.75 Å². The number of benzene rings is 1. The van der Waals surface area contributed by atoms with Crippen LogP contribution in [0.15, 0.2) is 24.3 Å². The third-order valence-electron chi connectivity index (χ3n) is 4.17. The van der Waals surface area contributed by atoms with Crippen LogP contribution in [0, 0.1) is 0 Å². The summed E-state index contributed by atoms with van der Waals surface area (Å²) in [5, 5.41) is 0.247. The summed E-state index contributed by atoms with van der Waals surface area (Å²) < 4.78 is 6.29. The number of rotatable bonds is 6. The van der Waals surface area contributed by atoms with Crippen molar-refractivity contribution in [1.29, 1.82) is 0 Å². The third kappa shape index (κ3) is 5.29. The Morgan fingerprint density at radius 1 is 1.05 bits per heavy atom. The van der Waals surface area contributed by atoms with Gasteiger partial charge in [0.25, 0.3) is 0 Å². The SMILES string of the molecule is CN(C)CCCc1ccc(O[Si](C)(C)C(C)(C)C)cc1. The lowest BCUT2D eigenvalue weighted by Gasteiger charge is -2.36. The number of nitrogens with zero attached hydrogens (tertiary/aromatic N) is 1. The molecule has 0 N–H and O–H groups in total. The van der Waals surface area contributed by atoms with Crippen LogP contribution in [0.3, 0.4) is 0 Å². The minimum absolute atomic E-state index is 0.247. The fourth-order valence-corrected chi connectivity index (χ4v) is 2.80. The van der Waals surface area contributed by atoms with Crippen molar-refractivity contribution < 1.29 is 4.43 Å². The summed E-state index contributed by atoms with van der Waals surface area (Å²) in [5.74, 6) is 1.02. The molecule has 114 valence electrons. The highest BCUT2D eigenvalue weighted by Gasteiger charge is 2.38. The molecule has 0 saturated heterocycles. The lowest BCUT2D eigenvalue weighted by Crippen LogP contribution is -2.43. The maximum absolute atomic E-state index is 6.29. The zero-order valence-electron chi connectivity index (χ0n) is 14.3. The quantitative estimate of drug-likeness (QED) is 0.713. The average molecular weight is 294 g/mol. The Kier molecular flexibility index (Phi) is 5.84. The molecule has 0 amide bonds. The fourth-order valence-electron chi connectivity index (χ4n) is 1.77. The molecule has 20 heavy (non-hydrogen) atoms. The van der Waals surface area contributed by atoms with Gasteiger partial charge in [0.05, 0.1) is 0 Å². The molecule has 0 bridgehead atoms. The Morgan fingerprint density at radius 2 is 1.60 bits per heavy atom. The fraction of sp³-hybridized carbons (Fsp3) is 0.647. The summed E-state index contributed by atoms with van der Waals surface area (Å²) in [5.41, 5.74) is 1.40. The molecule has 0 saturated carbocycles. The first-order valence-electron chi connectivity index (χ1n) is 7.54. The summed E-state index contributed by atoms with van der Waals surface area (Å²) in [6.07, 6.45) is 2.34. The van der Waals surface area contributed by atoms with Gasteiger partial charge in [0.2, 0.25) is 8.32 Å². The van der Waals surface area contributed by atoms with Gasteiger partial charge in [-0.2, -0.15) is 0 Å². The van der Waals surface area contributed by atoms with E-state index in [2.05, 4.69) is 77.1 Å². The van der Waals surface area contributed by atoms with Crippen molar-refractivity contribution in [2.45, 2.75) is 51.7 Å². The van der Waals surface area contributed by atoms with Crippen LogP contribution in [0.1, 0.15) is 32.8 Å². The lowest BCUT2D eigenvalue weighted by molar-refractivity contribution is 0.400. The average Bonchev–Trinajstić information content (AvgIpc) is 2.29. The Balaban J connectivity index is 2.59. The van der Waals surface area contributed by atoms with E-state index in [1.807, 2.05) is 0 Å². The summed E-state index contributed by atoms with van der Waals surface area (Å²) in [6, 6.07) is 8.67. The van der Waals surface area contributed by atoms with E-state index in [-0.39, 0.29) is 5.04 Å². The molecule has 2 nitrogen and oxygen atoms in total. The zero-order valence-corrected chi connectivity index (χ0v) is 15.3. The minimum Gasteiger partial charge on any atom is -0.544 e. The van der Waals surface area contributed by atoms with E-state index in [0.717, 1.165) is 18.7 Å². The van der Waals surface area contributed by atoms with Gasteiger partial charge in [-0.05, 0) is 69.3 Å². The Morgan fingerprint density at radius 3 is 2.05 bits per heavy atom. The number of hydrogen-bond donors (Lipinski definition) is 0. The van der Waals surface area contributed by atoms with E-state index >= 15 is 0 Å². The molecule has 0 aliphatic carbocycles. The van der Waals surface area contributed by atoms with Crippen molar-refractivity contribution in [1.82, 2.24) is 4.90 Å². The van der Waals surface area contributed by atoms with E-state index in [1.165, 1.54) is 12.0 Å². The highest BCUT2D eigenvalue weighted by Crippen LogP contribution is 2.37. The topological polar surface area (TPSA) is 12.5 Å². The van der Waals surface area contributed by atoms with Gasteiger partial charge in [0, 0.05) is 0 Å². The normalized spacial score (nSPS) is 12.8. The van der Waals surface area contributed by atoms with Crippen molar-refractivity contribution in [3.8, 4) is 5.75 Å². The van der Waals surface area contributed by atoms with Gasteiger partial charge < -0.3 is 9.33 Å². The first kappa shape index (κ1) is 17.2. The Hall–Kier alpha value is -0.803. The molecule has 0 spiro atoms. The molecule has 0 unspecified atom stereocenters. The highest BCUT2D eigenvalue weighted by molar-refractivity contribution is 6.74. The van der Waals surface area contributed by atoms with Crippen LogP contribution in [0.5, 0.6) is 5.75 Å². The molecule has 0 radical (unpaired) electrons. The van der Waals surface area contributed by atoms with Crippen molar-refractivity contribution in [3.63, 3.8) is 0 Å². The lowest BCUT2D eigenvalue weighted by atomic mass is 10.1. The largest absolute Gasteiger partial charge is 0.544 e. The third-order valence-corrected chi connectivity index (χ3v) is 8.53. The smallest absolute Gasteiger partial charge is 0.250 e. The molecule has 0 aliphatic rings. The van der Waals surface area contributed by atoms with E-state index in [1.54, 1.807) is 0 Å². The molecular formula is C17H31NOSi. The van der Waals surface area contributed by atoms with Gasteiger partial charge in [-0.25, -0.2) is 0 Å². The highest BCUT2D eigenvalue weighted by atomic mass is 28.4. The molecule has 0 heterocycles. The van der Waals surface area contributed by atoms with Crippen LogP contribution in [0.2, 0.25) is 18.1 Å². The molecule has 3 heteroatoms. The van der Waals surface area contributed by atoms with Crippen molar-refractivity contribution in [2.75, 3.05) is 20.6 Å². The molecule has 1 aromatic rings. The summed E-state index contributed by atoms with van der Waals surface area (Å²) in [4.78, 5) is 2.23. The van der Waals surface area contributed by atoms with Gasteiger partial charge in [-0.3, -0.25) is 0 Å². The van der Waals surface area contributed by atoms with Gasteiger partial charge in [0.15, 0.2) is 0 Å². The van der Waals surface area contributed by atoms with E-state index in [0.29, 0.717) is 0 Å². The van der Waals surface area contributed by atoms with Crippen LogP contribution in [0.25, 0.3) is 0 Å². The second-order valence-corrected chi connectivity index (χ2v) is 12.1. The molecule has 1 rings (SSSR count). The standard InChI is InChI=1S/C17H31NOSi/c1-17(2,3)20(6,7)19-16-12-10-15(11-13-16)9-8-14-18(4)5/h10-13H,8-9,14H2,1-7H3. The first-order valence-corrected chi connectivity index (χ1v) is 10.5. The first-order chi connectivity index (χ1) is 9.12. The summed E-state index contributed by atoms with van der Waals surface area (Å²) >= 11 is 0. The molecule has 0 atom stereocenters. The predicted octanol–water partition coefficient (Wildman–Crippen LogP) is 4.56. The molecule has 0 aromatic heterocycles. The Labute approximate surface area is 126 Å². The van der Waals surface area contributed by atoms with Gasteiger partial charge >= 0.3 is 0 Å². The second kappa shape index (κ2) is 6.77. The van der Waals surface area contributed by atoms with Crippen molar-refractivity contribution >= 4 is 8.32 Å². The Bertz CT molecular complexity index is 404. The van der Waals surface area contributed by atoms with Gasteiger partial charge in [-0.1, -0.05) is 32.9 Å². The second-order valence-electron chi connectivity index (χ2n) is 7.41.